The van der Waals surface area contributed by atoms with Crippen molar-refractivity contribution in [1.29, 1.82) is 0 Å². The minimum absolute atomic E-state index is 0.250. The molecular formula is C13H17BrO3. The van der Waals surface area contributed by atoms with Crippen molar-refractivity contribution in [3.05, 3.63) is 28.2 Å². The molecule has 0 atom stereocenters. The molecule has 1 aromatic carbocycles. The molecule has 0 aromatic heterocycles. The van der Waals surface area contributed by atoms with E-state index in [4.69, 9.17) is 9.84 Å². The van der Waals surface area contributed by atoms with E-state index in [0.29, 0.717) is 17.9 Å². The van der Waals surface area contributed by atoms with Crippen LogP contribution >= 0.6 is 15.9 Å². The second kappa shape index (κ2) is 8.25. The quantitative estimate of drug-likeness (QED) is 0.592. The standard InChI is InChI=1S/C13H17BrO3/c14-12-7-5-6-11(10-16)13(12)17-9-4-2-1-3-8-15/h5-7,10,15H,1-4,8-9H2. The molecule has 0 saturated heterocycles. The zero-order chi connectivity index (χ0) is 12.5. The molecule has 1 rings (SSSR count). The fourth-order valence-corrected chi connectivity index (χ4v) is 2.01. The summed E-state index contributed by atoms with van der Waals surface area (Å²) in [6.45, 7) is 0.843. The van der Waals surface area contributed by atoms with Crippen molar-refractivity contribution in [3.63, 3.8) is 0 Å². The van der Waals surface area contributed by atoms with Crippen LogP contribution in [0.3, 0.4) is 0 Å². The van der Waals surface area contributed by atoms with Gasteiger partial charge in [-0.1, -0.05) is 12.5 Å². The predicted molar refractivity (Wildman–Crippen MR) is 70.6 cm³/mol. The van der Waals surface area contributed by atoms with Crippen molar-refractivity contribution in [3.8, 4) is 5.75 Å². The highest BCUT2D eigenvalue weighted by Gasteiger charge is 2.06. The maximum absolute atomic E-state index is 10.8. The third-order valence-electron chi connectivity index (χ3n) is 2.42. The van der Waals surface area contributed by atoms with Crippen molar-refractivity contribution in [1.82, 2.24) is 0 Å². The number of carbonyl (C=O) groups excluding carboxylic acids is 1. The molecule has 0 bridgehead atoms. The van der Waals surface area contributed by atoms with E-state index in [0.717, 1.165) is 36.4 Å². The van der Waals surface area contributed by atoms with Gasteiger partial charge in [0.25, 0.3) is 0 Å². The van der Waals surface area contributed by atoms with Gasteiger partial charge in [0.2, 0.25) is 0 Å². The molecule has 0 aliphatic carbocycles. The van der Waals surface area contributed by atoms with Gasteiger partial charge in [-0.2, -0.15) is 0 Å². The molecule has 0 heterocycles. The summed E-state index contributed by atoms with van der Waals surface area (Å²) in [7, 11) is 0. The zero-order valence-corrected chi connectivity index (χ0v) is 11.3. The second-order valence-electron chi connectivity index (χ2n) is 3.76. The summed E-state index contributed by atoms with van der Waals surface area (Å²) in [5.41, 5.74) is 0.565. The van der Waals surface area contributed by atoms with Crippen molar-refractivity contribution in [2.45, 2.75) is 25.7 Å². The summed E-state index contributed by atoms with van der Waals surface area (Å²) in [6, 6.07) is 5.40. The predicted octanol–water partition coefficient (Wildman–Crippen LogP) is 3.19. The maximum Gasteiger partial charge on any atom is 0.153 e. The number of carbonyl (C=O) groups is 1. The monoisotopic (exact) mass is 300 g/mol. The molecule has 0 saturated carbocycles. The Morgan fingerprint density at radius 2 is 2.00 bits per heavy atom. The van der Waals surface area contributed by atoms with E-state index < -0.39 is 0 Å². The van der Waals surface area contributed by atoms with E-state index in [-0.39, 0.29) is 6.61 Å². The Morgan fingerprint density at radius 3 is 2.71 bits per heavy atom. The number of rotatable bonds is 8. The van der Waals surface area contributed by atoms with Gasteiger partial charge in [0.05, 0.1) is 16.6 Å². The number of unbranched alkanes of at least 4 members (excludes halogenated alkanes) is 3. The van der Waals surface area contributed by atoms with Crippen LogP contribution in [0.25, 0.3) is 0 Å². The van der Waals surface area contributed by atoms with Gasteiger partial charge in [-0.15, -0.1) is 0 Å². The first-order valence-corrected chi connectivity index (χ1v) is 6.56. The molecule has 0 spiro atoms. The smallest absolute Gasteiger partial charge is 0.153 e. The number of halogens is 1. The summed E-state index contributed by atoms with van der Waals surface area (Å²) < 4.78 is 6.40. The summed E-state index contributed by atoms with van der Waals surface area (Å²) in [5.74, 6) is 0.615. The maximum atomic E-state index is 10.8. The van der Waals surface area contributed by atoms with E-state index in [1.807, 2.05) is 12.1 Å². The van der Waals surface area contributed by atoms with Gasteiger partial charge in [-0.05, 0) is 47.3 Å². The molecule has 0 radical (unpaired) electrons. The fraction of sp³-hybridized carbons (Fsp3) is 0.462. The fourth-order valence-electron chi connectivity index (χ4n) is 1.51. The lowest BCUT2D eigenvalue weighted by molar-refractivity contribution is 0.111. The van der Waals surface area contributed by atoms with Gasteiger partial charge >= 0.3 is 0 Å². The van der Waals surface area contributed by atoms with Gasteiger partial charge in [0.1, 0.15) is 5.75 Å². The molecule has 4 heteroatoms. The Labute approximate surface area is 110 Å². The number of ether oxygens (including phenoxy) is 1. The zero-order valence-electron chi connectivity index (χ0n) is 9.69. The lowest BCUT2D eigenvalue weighted by Gasteiger charge is -2.10. The lowest BCUT2D eigenvalue weighted by atomic mass is 10.2. The summed E-state index contributed by atoms with van der Waals surface area (Å²) >= 11 is 3.37. The lowest BCUT2D eigenvalue weighted by Crippen LogP contribution is -2.01. The van der Waals surface area contributed by atoms with Crippen LogP contribution in [0.2, 0.25) is 0 Å². The Bertz CT molecular complexity index is 353. The number of benzene rings is 1. The summed E-state index contributed by atoms with van der Waals surface area (Å²) in [5, 5.41) is 8.63. The van der Waals surface area contributed by atoms with Gasteiger partial charge < -0.3 is 9.84 Å². The van der Waals surface area contributed by atoms with E-state index in [1.165, 1.54) is 0 Å². The molecule has 17 heavy (non-hydrogen) atoms. The first-order valence-electron chi connectivity index (χ1n) is 5.77. The SMILES string of the molecule is O=Cc1cccc(Br)c1OCCCCCCO. The second-order valence-corrected chi connectivity index (χ2v) is 4.62. The van der Waals surface area contributed by atoms with Gasteiger partial charge in [0, 0.05) is 6.61 Å². The van der Waals surface area contributed by atoms with Crippen molar-refractivity contribution in [2.75, 3.05) is 13.2 Å². The molecule has 1 N–H and O–H groups in total. The molecule has 0 amide bonds. The molecule has 1 aromatic rings. The molecule has 3 nitrogen and oxygen atoms in total. The Hall–Kier alpha value is -0.870. The first-order chi connectivity index (χ1) is 8.29. The van der Waals surface area contributed by atoms with Crippen LogP contribution in [-0.4, -0.2) is 24.6 Å². The first kappa shape index (κ1) is 14.2. The van der Waals surface area contributed by atoms with Crippen LogP contribution in [-0.2, 0) is 0 Å². The Kier molecular flexibility index (Phi) is 6.89. The molecule has 0 fully saturated rings. The van der Waals surface area contributed by atoms with Gasteiger partial charge in [-0.25, -0.2) is 0 Å². The summed E-state index contributed by atoms with van der Waals surface area (Å²) in [6.07, 6.45) is 4.61. The molecule has 0 unspecified atom stereocenters. The Morgan fingerprint density at radius 1 is 1.24 bits per heavy atom. The number of aliphatic hydroxyl groups is 1. The third kappa shape index (κ3) is 4.88. The topological polar surface area (TPSA) is 46.5 Å². The van der Waals surface area contributed by atoms with E-state index in [9.17, 15) is 4.79 Å². The average molecular weight is 301 g/mol. The number of hydrogen-bond donors (Lipinski definition) is 1. The number of aliphatic hydroxyl groups excluding tert-OH is 1. The van der Waals surface area contributed by atoms with Crippen LogP contribution in [0.15, 0.2) is 22.7 Å². The number of aldehydes is 1. The minimum atomic E-state index is 0.250. The van der Waals surface area contributed by atoms with E-state index in [2.05, 4.69) is 15.9 Å². The van der Waals surface area contributed by atoms with Gasteiger partial charge in [-0.3, -0.25) is 4.79 Å². The van der Waals surface area contributed by atoms with Crippen molar-refractivity contribution >= 4 is 22.2 Å². The van der Waals surface area contributed by atoms with Gasteiger partial charge in [0.15, 0.2) is 6.29 Å². The minimum Gasteiger partial charge on any atom is -0.492 e. The van der Waals surface area contributed by atoms with Crippen LogP contribution in [0.4, 0.5) is 0 Å². The van der Waals surface area contributed by atoms with E-state index in [1.54, 1.807) is 6.07 Å². The molecular weight excluding hydrogens is 284 g/mol. The van der Waals surface area contributed by atoms with Crippen molar-refractivity contribution < 1.29 is 14.6 Å². The highest BCUT2D eigenvalue weighted by Crippen LogP contribution is 2.28. The number of hydrogen-bond acceptors (Lipinski definition) is 3. The van der Waals surface area contributed by atoms with Crippen LogP contribution in [0, 0.1) is 0 Å². The highest BCUT2D eigenvalue weighted by molar-refractivity contribution is 9.10. The molecule has 94 valence electrons. The Balaban J connectivity index is 2.38. The molecule has 0 aliphatic rings. The largest absolute Gasteiger partial charge is 0.492 e. The van der Waals surface area contributed by atoms with Crippen LogP contribution in [0.5, 0.6) is 5.75 Å². The third-order valence-corrected chi connectivity index (χ3v) is 3.05. The van der Waals surface area contributed by atoms with Crippen molar-refractivity contribution in [2.24, 2.45) is 0 Å². The van der Waals surface area contributed by atoms with Crippen LogP contribution in [0.1, 0.15) is 36.0 Å². The normalized spacial score (nSPS) is 10.2. The average Bonchev–Trinajstić information content (AvgIpc) is 2.35. The summed E-state index contributed by atoms with van der Waals surface area (Å²) in [4.78, 5) is 10.8. The highest BCUT2D eigenvalue weighted by atomic mass is 79.9. The van der Waals surface area contributed by atoms with Crippen LogP contribution < -0.4 is 4.74 Å². The van der Waals surface area contributed by atoms with E-state index >= 15 is 0 Å². The number of para-hydroxylation sites is 1. The molecule has 0 aliphatic heterocycles.